The molecule has 1 aliphatic carbocycles. The molecule has 0 bridgehead atoms. The molecule has 1 aromatic carbocycles. The highest BCUT2D eigenvalue weighted by Gasteiger charge is 2.25. The third-order valence-corrected chi connectivity index (χ3v) is 5.49. The van der Waals surface area contributed by atoms with Crippen molar-refractivity contribution < 1.29 is 13.5 Å². The number of sulfone groups is 1. The van der Waals surface area contributed by atoms with Crippen LogP contribution in [0.3, 0.4) is 0 Å². The zero-order valence-electron chi connectivity index (χ0n) is 10.5. The molecule has 0 spiro atoms. The van der Waals surface area contributed by atoms with Gasteiger partial charge in [-0.2, -0.15) is 0 Å². The number of hydrogen-bond donors (Lipinski definition) is 1. The number of aliphatic hydroxyl groups is 1. The minimum absolute atomic E-state index is 0.138. The van der Waals surface area contributed by atoms with Crippen molar-refractivity contribution >= 4 is 9.84 Å². The van der Waals surface area contributed by atoms with Crippen LogP contribution in [0.4, 0.5) is 0 Å². The molecule has 2 rings (SSSR count). The van der Waals surface area contributed by atoms with E-state index >= 15 is 0 Å². The molecule has 0 amide bonds. The molecule has 3 nitrogen and oxygen atoms in total. The third kappa shape index (κ3) is 3.33. The lowest BCUT2D eigenvalue weighted by molar-refractivity contribution is 0.0683. The zero-order valence-corrected chi connectivity index (χ0v) is 11.3. The summed E-state index contributed by atoms with van der Waals surface area (Å²) >= 11 is 0. The average molecular weight is 268 g/mol. The molecule has 4 heteroatoms. The first-order chi connectivity index (χ1) is 8.59. The van der Waals surface area contributed by atoms with Gasteiger partial charge in [0, 0.05) is 0 Å². The van der Waals surface area contributed by atoms with Crippen LogP contribution < -0.4 is 0 Å². The van der Waals surface area contributed by atoms with Crippen LogP contribution in [-0.4, -0.2) is 25.4 Å². The van der Waals surface area contributed by atoms with Gasteiger partial charge in [-0.05, 0) is 37.3 Å². The summed E-state index contributed by atoms with van der Waals surface area (Å²) in [6, 6.07) is 8.55. The Morgan fingerprint density at radius 3 is 2.44 bits per heavy atom. The Morgan fingerprint density at radius 2 is 1.78 bits per heavy atom. The van der Waals surface area contributed by atoms with Gasteiger partial charge in [0.25, 0.3) is 0 Å². The van der Waals surface area contributed by atoms with Crippen LogP contribution in [0.2, 0.25) is 0 Å². The molecule has 0 unspecified atom stereocenters. The molecule has 100 valence electrons. The number of benzene rings is 1. The smallest absolute Gasteiger partial charge is 0.178 e. The Balaban J connectivity index is 1.97. The normalized spacial score (nSPS) is 24.9. The zero-order chi connectivity index (χ0) is 13.0. The molecule has 2 atom stereocenters. The second kappa shape index (κ2) is 5.85. The largest absolute Gasteiger partial charge is 0.393 e. The Hall–Kier alpha value is -0.870. The van der Waals surface area contributed by atoms with E-state index in [0.717, 1.165) is 25.7 Å². The first kappa shape index (κ1) is 13.6. The average Bonchev–Trinajstić information content (AvgIpc) is 2.39. The van der Waals surface area contributed by atoms with Crippen molar-refractivity contribution in [2.24, 2.45) is 5.92 Å². The molecule has 1 fully saturated rings. The van der Waals surface area contributed by atoms with Crippen molar-refractivity contribution in [1.82, 2.24) is 0 Å². The molecular weight excluding hydrogens is 248 g/mol. The molecule has 1 saturated carbocycles. The van der Waals surface area contributed by atoms with Crippen LogP contribution in [0.15, 0.2) is 35.2 Å². The van der Waals surface area contributed by atoms with Crippen molar-refractivity contribution in [2.75, 3.05) is 5.75 Å². The fraction of sp³-hybridized carbons (Fsp3) is 0.571. The summed E-state index contributed by atoms with van der Waals surface area (Å²) in [7, 11) is -3.19. The summed E-state index contributed by atoms with van der Waals surface area (Å²) < 4.78 is 24.2. The van der Waals surface area contributed by atoms with E-state index in [-0.39, 0.29) is 17.8 Å². The molecule has 0 aromatic heterocycles. The lowest BCUT2D eigenvalue weighted by Crippen LogP contribution is -2.26. The van der Waals surface area contributed by atoms with Gasteiger partial charge < -0.3 is 5.11 Å². The van der Waals surface area contributed by atoms with Gasteiger partial charge in [0.05, 0.1) is 16.8 Å². The Bertz CT molecular complexity index is 467. The second-order valence-electron chi connectivity index (χ2n) is 5.03. The summed E-state index contributed by atoms with van der Waals surface area (Å²) in [5.41, 5.74) is 0. The molecule has 0 aliphatic heterocycles. The van der Waals surface area contributed by atoms with Crippen LogP contribution in [0.5, 0.6) is 0 Å². The fourth-order valence-corrected chi connectivity index (χ4v) is 4.00. The van der Waals surface area contributed by atoms with Gasteiger partial charge in [0.15, 0.2) is 9.84 Å². The summed E-state index contributed by atoms with van der Waals surface area (Å²) in [5.74, 6) is 0.288. The highest BCUT2D eigenvalue weighted by Crippen LogP contribution is 2.28. The highest BCUT2D eigenvalue weighted by atomic mass is 32.2. The van der Waals surface area contributed by atoms with E-state index in [2.05, 4.69) is 0 Å². The molecule has 1 aromatic rings. The van der Waals surface area contributed by atoms with E-state index in [9.17, 15) is 13.5 Å². The van der Waals surface area contributed by atoms with E-state index in [1.807, 2.05) is 6.07 Å². The quantitative estimate of drug-likeness (QED) is 0.912. The van der Waals surface area contributed by atoms with Crippen molar-refractivity contribution in [3.63, 3.8) is 0 Å². The van der Waals surface area contributed by atoms with Gasteiger partial charge in [0.1, 0.15) is 0 Å². The SMILES string of the molecule is O=S(=O)(CC[C@H]1CCCC[C@H]1O)c1ccccc1. The molecule has 0 heterocycles. The lowest BCUT2D eigenvalue weighted by atomic mass is 9.85. The van der Waals surface area contributed by atoms with Gasteiger partial charge in [-0.15, -0.1) is 0 Å². The second-order valence-corrected chi connectivity index (χ2v) is 7.14. The number of hydrogen-bond acceptors (Lipinski definition) is 3. The van der Waals surface area contributed by atoms with E-state index in [1.54, 1.807) is 24.3 Å². The summed E-state index contributed by atoms with van der Waals surface area (Å²) in [4.78, 5) is 0.385. The summed E-state index contributed by atoms with van der Waals surface area (Å²) in [6.45, 7) is 0. The molecule has 0 saturated heterocycles. The minimum Gasteiger partial charge on any atom is -0.393 e. The monoisotopic (exact) mass is 268 g/mol. The maximum Gasteiger partial charge on any atom is 0.178 e. The number of aliphatic hydroxyl groups excluding tert-OH is 1. The highest BCUT2D eigenvalue weighted by molar-refractivity contribution is 7.91. The van der Waals surface area contributed by atoms with E-state index in [4.69, 9.17) is 0 Å². The lowest BCUT2D eigenvalue weighted by Gasteiger charge is -2.27. The van der Waals surface area contributed by atoms with Crippen molar-refractivity contribution in [1.29, 1.82) is 0 Å². The molecular formula is C14H20O3S. The van der Waals surface area contributed by atoms with Crippen LogP contribution in [0.1, 0.15) is 32.1 Å². The minimum atomic E-state index is -3.19. The van der Waals surface area contributed by atoms with Gasteiger partial charge in [-0.25, -0.2) is 8.42 Å². The van der Waals surface area contributed by atoms with Crippen LogP contribution in [-0.2, 0) is 9.84 Å². The Labute approximate surface area is 109 Å². The van der Waals surface area contributed by atoms with Gasteiger partial charge in [-0.1, -0.05) is 31.0 Å². The maximum absolute atomic E-state index is 12.1. The Morgan fingerprint density at radius 1 is 1.11 bits per heavy atom. The van der Waals surface area contributed by atoms with Crippen LogP contribution >= 0.6 is 0 Å². The van der Waals surface area contributed by atoms with E-state index < -0.39 is 9.84 Å². The predicted molar refractivity (Wildman–Crippen MR) is 71.1 cm³/mol. The summed E-state index contributed by atoms with van der Waals surface area (Å²) in [5, 5.41) is 9.84. The third-order valence-electron chi connectivity index (χ3n) is 3.73. The fourth-order valence-electron chi connectivity index (χ4n) is 2.58. The first-order valence-corrected chi connectivity index (χ1v) is 8.21. The van der Waals surface area contributed by atoms with Crippen LogP contribution in [0, 0.1) is 5.92 Å². The molecule has 18 heavy (non-hydrogen) atoms. The van der Waals surface area contributed by atoms with Crippen molar-refractivity contribution in [3.8, 4) is 0 Å². The first-order valence-electron chi connectivity index (χ1n) is 6.55. The van der Waals surface area contributed by atoms with Crippen molar-refractivity contribution in [2.45, 2.75) is 43.1 Å². The molecule has 1 N–H and O–H groups in total. The predicted octanol–water partition coefficient (Wildman–Crippen LogP) is 2.40. The van der Waals surface area contributed by atoms with E-state index in [1.165, 1.54) is 0 Å². The van der Waals surface area contributed by atoms with Crippen molar-refractivity contribution in [3.05, 3.63) is 30.3 Å². The molecule has 0 radical (unpaired) electrons. The van der Waals surface area contributed by atoms with Crippen LogP contribution in [0.25, 0.3) is 0 Å². The standard InChI is InChI=1S/C14H20O3S/c15-14-9-5-4-6-12(14)10-11-18(16,17)13-7-2-1-3-8-13/h1-3,7-8,12,14-15H,4-6,9-11H2/t12-,14-/m1/s1. The van der Waals surface area contributed by atoms with Gasteiger partial charge in [0.2, 0.25) is 0 Å². The van der Waals surface area contributed by atoms with Gasteiger partial charge in [-0.3, -0.25) is 0 Å². The topological polar surface area (TPSA) is 54.4 Å². The number of rotatable bonds is 4. The Kier molecular flexibility index (Phi) is 4.40. The molecule has 1 aliphatic rings. The van der Waals surface area contributed by atoms with Gasteiger partial charge >= 0.3 is 0 Å². The van der Waals surface area contributed by atoms with E-state index in [0.29, 0.717) is 11.3 Å². The summed E-state index contributed by atoms with van der Waals surface area (Å²) in [6.07, 6.45) is 4.18. The maximum atomic E-state index is 12.1.